The Bertz CT molecular complexity index is 1100. The van der Waals surface area contributed by atoms with Gasteiger partial charge in [-0.25, -0.2) is 14.8 Å². The number of rotatable bonds is 6. The van der Waals surface area contributed by atoms with Gasteiger partial charge in [0.2, 0.25) is 0 Å². The lowest BCUT2D eigenvalue weighted by Gasteiger charge is -2.12. The lowest BCUT2D eigenvalue weighted by atomic mass is 10.2. The van der Waals surface area contributed by atoms with Crippen LogP contribution in [0.5, 0.6) is 0 Å². The van der Waals surface area contributed by atoms with Gasteiger partial charge in [0.15, 0.2) is 0 Å². The monoisotopic (exact) mass is 451 g/mol. The molecule has 0 spiro atoms. The van der Waals surface area contributed by atoms with Crippen LogP contribution in [0.2, 0.25) is 5.02 Å². The van der Waals surface area contributed by atoms with Crippen molar-refractivity contribution in [3.63, 3.8) is 0 Å². The molecule has 0 radical (unpaired) electrons. The van der Waals surface area contributed by atoms with Crippen LogP contribution >= 0.6 is 11.6 Å². The molecule has 1 saturated heterocycles. The maximum absolute atomic E-state index is 12.8. The number of benzene rings is 2. The molecule has 0 unspecified atom stereocenters. The summed E-state index contributed by atoms with van der Waals surface area (Å²) in [5.74, 6) is 0.637. The second-order valence-electron chi connectivity index (χ2n) is 7.32. The molecule has 3 aromatic rings. The van der Waals surface area contributed by atoms with Crippen LogP contribution in [0.25, 0.3) is 0 Å². The summed E-state index contributed by atoms with van der Waals surface area (Å²) in [6.07, 6.45) is 3.00. The zero-order valence-electron chi connectivity index (χ0n) is 17.2. The molecule has 1 aliphatic heterocycles. The van der Waals surface area contributed by atoms with Gasteiger partial charge < -0.3 is 15.4 Å². The molecule has 1 aliphatic rings. The number of nitrogens with one attached hydrogen (secondary N) is 3. The Morgan fingerprint density at radius 2 is 1.97 bits per heavy atom. The fraction of sp³-hybridized carbons (Fsp3) is 0.217. The Kier molecular flexibility index (Phi) is 6.94. The van der Waals surface area contributed by atoms with Gasteiger partial charge in [0.25, 0.3) is 5.91 Å². The van der Waals surface area contributed by atoms with Crippen LogP contribution in [-0.4, -0.2) is 28.5 Å². The number of halogens is 1. The van der Waals surface area contributed by atoms with E-state index in [0.717, 1.165) is 24.9 Å². The number of amides is 2. The maximum Gasteiger partial charge on any atom is 0.411 e. The molecule has 0 saturated carbocycles. The van der Waals surface area contributed by atoms with Crippen LogP contribution in [0, 0.1) is 0 Å². The molecule has 2 aromatic carbocycles. The Morgan fingerprint density at radius 3 is 2.75 bits per heavy atom. The predicted molar refractivity (Wildman–Crippen MR) is 122 cm³/mol. The van der Waals surface area contributed by atoms with Crippen molar-refractivity contribution in [2.24, 2.45) is 0 Å². The SMILES string of the molecule is O=C(Nc1cc(Cl)cc(C(=O)Nc2ccnc([C@H]3CCCN3)n2)c1)OCc1ccccc1. The van der Waals surface area contributed by atoms with Crippen LogP contribution in [0.1, 0.15) is 40.6 Å². The first-order chi connectivity index (χ1) is 15.6. The van der Waals surface area contributed by atoms with E-state index in [1.54, 1.807) is 12.3 Å². The summed E-state index contributed by atoms with van der Waals surface area (Å²) in [5, 5.41) is 8.99. The summed E-state index contributed by atoms with van der Waals surface area (Å²) < 4.78 is 5.21. The van der Waals surface area contributed by atoms with E-state index in [0.29, 0.717) is 22.4 Å². The van der Waals surface area contributed by atoms with Gasteiger partial charge in [0, 0.05) is 22.5 Å². The van der Waals surface area contributed by atoms with Gasteiger partial charge in [-0.15, -0.1) is 0 Å². The van der Waals surface area contributed by atoms with Gasteiger partial charge >= 0.3 is 6.09 Å². The predicted octanol–water partition coefficient (Wildman–Crippen LogP) is 4.56. The summed E-state index contributed by atoms with van der Waals surface area (Å²) in [4.78, 5) is 33.6. The Balaban J connectivity index is 1.40. The molecule has 0 bridgehead atoms. The average Bonchev–Trinajstić information content (AvgIpc) is 3.33. The van der Waals surface area contributed by atoms with Gasteiger partial charge in [0.05, 0.1) is 6.04 Å². The van der Waals surface area contributed by atoms with Gasteiger partial charge in [0.1, 0.15) is 18.2 Å². The van der Waals surface area contributed by atoms with Crippen molar-refractivity contribution in [3.8, 4) is 0 Å². The first-order valence-corrected chi connectivity index (χ1v) is 10.6. The molecule has 32 heavy (non-hydrogen) atoms. The normalized spacial score (nSPS) is 15.2. The van der Waals surface area contributed by atoms with Crippen molar-refractivity contribution in [1.29, 1.82) is 0 Å². The Morgan fingerprint density at radius 1 is 1.12 bits per heavy atom. The third kappa shape index (κ3) is 5.81. The largest absolute Gasteiger partial charge is 0.444 e. The topological polar surface area (TPSA) is 105 Å². The number of ether oxygens (including phenoxy) is 1. The minimum absolute atomic E-state index is 0.0933. The summed E-state index contributed by atoms with van der Waals surface area (Å²) in [6, 6.07) is 15.6. The Labute approximate surface area is 190 Å². The standard InChI is InChI=1S/C23H22ClN5O3/c24-17-11-16(12-18(13-17)27-23(31)32-14-15-5-2-1-3-6-15)22(30)29-20-8-10-26-21(28-20)19-7-4-9-25-19/h1-3,5-6,8,10-13,19,25H,4,7,9,14H2,(H,27,31)(H,26,28,29,30)/t19-/m1/s1. The van der Waals surface area contributed by atoms with Crippen LogP contribution < -0.4 is 16.0 Å². The number of anilines is 2. The van der Waals surface area contributed by atoms with E-state index in [1.807, 2.05) is 30.3 Å². The zero-order chi connectivity index (χ0) is 22.3. The molecule has 1 fully saturated rings. The van der Waals surface area contributed by atoms with E-state index >= 15 is 0 Å². The van der Waals surface area contributed by atoms with Crippen LogP contribution in [-0.2, 0) is 11.3 Å². The molecule has 3 N–H and O–H groups in total. The highest BCUT2D eigenvalue weighted by molar-refractivity contribution is 6.31. The number of aromatic nitrogens is 2. The lowest BCUT2D eigenvalue weighted by Crippen LogP contribution is -2.18. The third-order valence-corrected chi connectivity index (χ3v) is 5.13. The van der Waals surface area contributed by atoms with E-state index < -0.39 is 12.0 Å². The molecule has 164 valence electrons. The number of carbonyl (C=O) groups excluding carboxylic acids is 2. The van der Waals surface area contributed by atoms with Crippen LogP contribution in [0.15, 0.2) is 60.8 Å². The highest BCUT2D eigenvalue weighted by atomic mass is 35.5. The quantitative estimate of drug-likeness (QED) is 0.507. The third-order valence-electron chi connectivity index (χ3n) is 4.91. The van der Waals surface area contributed by atoms with E-state index in [-0.39, 0.29) is 18.2 Å². The second kappa shape index (κ2) is 10.2. The van der Waals surface area contributed by atoms with E-state index in [1.165, 1.54) is 18.2 Å². The van der Waals surface area contributed by atoms with Crippen molar-refractivity contribution in [2.45, 2.75) is 25.5 Å². The highest BCUT2D eigenvalue weighted by Crippen LogP contribution is 2.22. The van der Waals surface area contributed by atoms with Crippen molar-refractivity contribution in [2.75, 3.05) is 17.2 Å². The summed E-state index contributed by atoms with van der Waals surface area (Å²) in [6.45, 7) is 1.06. The molecule has 9 heteroatoms. The first kappa shape index (κ1) is 21.7. The van der Waals surface area contributed by atoms with E-state index in [2.05, 4.69) is 25.9 Å². The molecule has 8 nitrogen and oxygen atoms in total. The number of hydrogen-bond acceptors (Lipinski definition) is 6. The van der Waals surface area contributed by atoms with Gasteiger partial charge in [-0.3, -0.25) is 10.1 Å². The molecule has 4 rings (SSSR count). The number of hydrogen-bond donors (Lipinski definition) is 3. The fourth-order valence-electron chi connectivity index (χ4n) is 3.37. The van der Waals surface area contributed by atoms with Crippen LogP contribution in [0.3, 0.4) is 0 Å². The van der Waals surface area contributed by atoms with Crippen molar-refractivity contribution >= 4 is 35.1 Å². The number of carbonyl (C=O) groups is 2. The van der Waals surface area contributed by atoms with Gasteiger partial charge in [-0.1, -0.05) is 41.9 Å². The summed E-state index contributed by atoms with van der Waals surface area (Å²) in [7, 11) is 0. The summed E-state index contributed by atoms with van der Waals surface area (Å²) in [5.41, 5.74) is 1.49. The van der Waals surface area contributed by atoms with E-state index in [9.17, 15) is 9.59 Å². The molecule has 1 atom stereocenters. The van der Waals surface area contributed by atoms with Crippen molar-refractivity contribution < 1.29 is 14.3 Å². The fourth-order valence-corrected chi connectivity index (χ4v) is 3.61. The minimum Gasteiger partial charge on any atom is -0.444 e. The molecule has 0 aliphatic carbocycles. The molecule has 2 heterocycles. The molecule has 1 aromatic heterocycles. The Hall–Kier alpha value is -3.49. The van der Waals surface area contributed by atoms with Gasteiger partial charge in [-0.2, -0.15) is 0 Å². The second-order valence-corrected chi connectivity index (χ2v) is 7.75. The van der Waals surface area contributed by atoms with Crippen molar-refractivity contribution in [3.05, 3.63) is 82.8 Å². The zero-order valence-corrected chi connectivity index (χ0v) is 17.9. The maximum atomic E-state index is 12.8. The summed E-state index contributed by atoms with van der Waals surface area (Å²) >= 11 is 6.16. The minimum atomic E-state index is -0.646. The molecular weight excluding hydrogens is 430 g/mol. The number of nitrogens with zero attached hydrogens (tertiary/aromatic N) is 2. The van der Waals surface area contributed by atoms with Crippen molar-refractivity contribution in [1.82, 2.24) is 15.3 Å². The lowest BCUT2D eigenvalue weighted by molar-refractivity contribution is 0.102. The first-order valence-electron chi connectivity index (χ1n) is 10.2. The van der Waals surface area contributed by atoms with Crippen LogP contribution in [0.4, 0.5) is 16.3 Å². The molecule has 2 amide bonds. The smallest absolute Gasteiger partial charge is 0.411 e. The average molecular weight is 452 g/mol. The highest BCUT2D eigenvalue weighted by Gasteiger charge is 2.19. The molecular formula is C23H22ClN5O3. The van der Waals surface area contributed by atoms with Gasteiger partial charge in [-0.05, 0) is 49.2 Å². The van der Waals surface area contributed by atoms with E-state index in [4.69, 9.17) is 16.3 Å².